The van der Waals surface area contributed by atoms with Crippen molar-refractivity contribution in [2.24, 2.45) is 0 Å². The Labute approximate surface area is 126 Å². The van der Waals surface area contributed by atoms with Crippen molar-refractivity contribution in [3.05, 3.63) is 21.9 Å². The molecule has 6 nitrogen and oxygen atoms in total. The van der Waals surface area contributed by atoms with E-state index in [0.29, 0.717) is 25.9 Å². The molecule has 20 heavy (non-hydrogen) atoms. The molecule has 8 heteroatoms. The van der Waals surface area contributed by atoms with Crippen molar-refractivity contribution < 1.29 is 9.59 Å². The van der Waals surface area contributed by atoms with Crippen LogP contribution in [-0.4, -0.2) is 46.5 Å². The van der Waals surface area contributed by atoms with Crippen LogP contribution < -0.4 is 5.32 Å². The fourth-order valence-corrected chi connectivity index (χ4v) is 2.34. The van der Waals surface area contributed by atoms with Gasteiger partial charge in [0.1, 0.15) is 0 Å². The Bertz CT molecular complexity index is 524. The zero-order valence-corrected chi connectivity index (χ0v) is 12.2. The molecular formula is C12H14Cl2N4O2. The molecule has 0 unspecified atom stereocenters. The number of halogens is 2. The lowest BCUT2D eigenvalue weighted by Gasteiger charge is -2.15. The number of rotatable bonds is 5. The predicted molar refractivity (Wildman–Crippen MR) is 74.8 cm³/mol. The third kappa shape index (κ3) is 3.80. The molecule has 0 bridgehead atoms. The largest absolute Gasteiger partial charge is 0.352 e. The summed E-state index contributed by atoms with van der Waals surface area (Å²) in [4.78, 5) is 25.1. The number of carbonyl (C=O) groups is 2. The van der Waals surface area contributed by atoms with Crippen molar-refractivity contribution in [1.29, 1.82) is 0 Å². The highest BCUT2D eigenvalue weighted by Crippen LogP contribution is 2.15. The first-order chi connectivity index (χ1) is 9.58. The van der Waals surface area contributed by atoms with Gasteiger partial charge in [0.05, 0.1) is 5.56 Å². The quantitative estimate of drug-likeness (QED) is 0.836. The van der Waals surface area contributed by atoms with E-state index in [0.717, 1.165) is 13.0 Å². The van der Waals surface area contributed by atoms with Crippen LogP contribution in [0.4, 0.5) is 0 Å². The average Bonchev–Trinajstić information content (AvgIpc) is 2.83. The average molecular weight is 317 g/mol. The molecule has 0 radical (unpaired) electrons. The maximum Gasteiger partial charge on any atom is 0.254 e. The molecule has 1 N–H and O–H groups in total. The van der Waals surface area contributed by atoms with Crippen molar-refractivity contribution in [2.45, 2.75) is 19.3 Å². The molecule has 1 aromatic rings. The first kappa shape index (κ1) is 15.0. The van der Waals surface area contributed by atoms with E-state index >= 15 is 0 Å². The summed E-state index contributed by atoms with van der Waals surface area (Å²) in [5.41, 5.74) is 0.198. The predicted octanol–water partition coefficient (Wildman–Crippen LogP) is 1.53. The van der Waals surface area contributed by atoms with Crippen LogP contribution in [0.1, 0.15) is 29.6 Å². The molecule has 1 fully saturated rings. The van der Waals surface area contributed by atoms with Crippen LogP contribution in [0.25, 0.3) is 0 Å². The molecule has 0 saturated carbocycles. The Morgan fingerprint density at radius 3 is 2.90 bits per heavy atom. The molecule has 2 amide bonds. The van der Waals surface area contributed by atoms with E-state index in [2.05, 4.69) is 15.5 Å². The SMILES string of the molecule is O=C(NCCCN1CCCC1=O)c1cc(Cl)nnc1Cl. The minimum atomic E-state index is -0.348. The van der Waals surface area contributed by atoms with E-state index in [4.69, 9.17) is 23.2 Å². The standard InChI is InChI=1S/C12H14Cl2N4O2/c13-9-7-8(11(14)17-16-9)12(20)15-4-2-6-18-5-1-3-10(18)19/h7H,1-6H2,(H,15,20). The van der Waals surface area contributed by atoms with Gasteiger partial charge < -0.3 is 10.2 Å². The molecule has 2 heterocycles. The number of hydrogen-bond donors (Lipinski definition) is 1. The highest BCUT2D eigenvalue weighted by atomic mass is 35.5. The number of nitrogens with one attached hydrogen (secondary N) is 1. The van der Waals surface area contributed by atoms with Gasteiger partial charge in [-0.25, -0.2) is 0 Å². The van der Waals surface area contributed by atoms with Crippen molar-refractivity contribution in [3.8, 4) is 0 Å². The normalized spacial score (nSPS) is 14.7. The molecule has 2 rings (SSSR count). The van der Waals surface area contributed by atoms with E-state index in [1.54, 1.807) is 0 Å². The van der Waals surface area contributed by atoms with Gasteiger partial charge in [0, 0.05) is 26.1 Å². The van der Waals surface area contributed by atoms with Crippen LogP contribution in [0.15, 0.2) is 6.07 Å². The van der Waals surface area contributed by atoms with E-state index in [-0.39, 0.29) is 27.7 Å². The molecule has 1 aromatic heterocycles. The summed E-state index contributed by atoms with van der Waals surface area (Å²) >= 11 is 11.4. The van der Waals surface area contributed by atoms with Crippen molar-refractivity contribution in [2.75, 3.05) is 19.6 Å². The van der Waals surface area contributed by atoms with Gasteiger partial charge in [0.25, 0.3) is 5.91 Å². The lowest BCUT2D eigenvalue weighted by Crippen LogP contribution is -2.30. The number of amides is 2. The number of carbonyl (C=O) groups excluding carboxylic acids is 2. The summed E-state index contributed by atoms with van der Waals surface area (Å²) in [5.74, 6) is -0.163. The summed E-state index contributed by atoms with van der Waals surface area (Å²) in [6, 6.07) is 1.37. The molecule has 108 valence electrons. The molecule has 1 saturated heterocycles. The summed E-state index contributed by atoms with van der Waals surface area (Å²) < 4.78 is 0. The smallest absolute Gasteiger partial charge is 0.254 e. The lowest BCUT2D eigenvalue weighted by molar-refractivity contribution is -0.127. The fourth-order valence-electron chi connectivity index (χ4n) is 2.02. The number of hydrogen-bond acceptors (Lipinski definition) is 4. The molecule has 0 spiro atoms. The number of aromatic nitrogens is 2. The van der Waals surface area contributed by atoms with Crippen molar-refractivity contribution in [1.82, 2.24) is 20.4 Å². The minimum Gasteiger partial charge on any atom is -0.352 e. The minimum absolute atomic E-state index is 0.0154. The van der Waals surface area contributed by atoms with E-state index < -0.39 is 0 Å². The maximum absolute atomic E-state index is 11.9. The summed E-state index contributed by atoms with van der Waals surface area (Å²) in [7, 11) is 0. The van der Waals surface area contributed by atoms with Gasteiger partial charge in [-0.3, -0.25) is 9.59 Å². The Hall–Kier alpha value is -1.40. The van der Waals surface area contributed by atoms with E-state index in [1.165, 1.54) is 6.07 Å². The van der Waals surface area contributed by atoms with Crippen molar-refractivity contribution in [3.63, 3.8) is 0 Å². The highest BCUT2D eigenvalue weighted by molar-refractivity contribution is 6.34. The third-order valence-electron chi connectivity index (χ3n) is 3.03. The van der Waals surface area contributed by atoms with Gasteiger partial charge in [-0.2, -0.15) is 0 Å². The van der Waals surface area contributed by atoms with Crippen LogP contribution in [0, 0.1) is 0 Å². The first-order valence-corrected chi connectivity index (χ1v) is 7.08. The van der Waals surface area contributed by atoms with Gasteiger partial charge in [-0.05, 0) is 18.9 Å². The number of nitrogens with zero attached hydrogens (tertiary/aromatic N) is 3. The van der Waals surface area contributed by atoms with E-state index in [9.17, 15) is 9.59 Å². The van der Waals surface area contributed by atoms with Gasteiger partial charge in [-0.1, -0.05) is 23.2 Å². The second-order valence-electron chi connectivity index (χ2n) is 4.47. The van der Waals surface area contributed by atoms with Crippen LogP contribution in [-0.2, 0) is 4.79 Å². The summed E-state index contributed by atoms with van der Waals surface area (Å²) in [6.07, 6.45) is 2.24. The zero-order valence-electron chi connectivity index (χ0n) is 10.7. The van der Waals surface area contributed by atoms with E-state index in [1.807, 2.05) is 4.90 Å². The molecule has 0 atom stereocenters. The maximum atomic E-state index is 11.9. The van der Waals surface area contributed by atoms with Crippen LogP contribution in [0.3, 0.4) is 0 Å². The Balaban J connectivity index is 1.77. The second kappa shape index (κ2) is 6.85. The van der Waals surface area contributed by atoms with Gasteiger partial charge >= 0.3 is 0 Å². The lowest BCUT2D eigenvalue weighted by atomic mass is 10.3. The third-order valence-corrected chi connectivity index (χ3v) is 3.49. The van der Waals surface area contributed by atoms with Crippen LogP contribution in [0.5, 0.6) is 0 Å². The molecule has 1 aliphatic heterocycles. The second-order valence-corrected chi connectivity index (χ2v) is 5.21. The Kier molecular flexibility index (Phi) is 5.14. The van der Waals surface area contributed by atoms with Crippen molar-refractivity contribution >= 4 is 35.0 Å². The monoisotopic (exact) mass is 316 g/mol. The highest BCUT2D eigenvalue weighted by Gasteiger charge is 2.19. The topological polar surface area (TPSA) is 75.2 Å². The fraction of sp³-hybridized carbons (Fsp3) is 0.500. The Morgan fingerprint density at radius 2 is 2.20 bits per heavy atom. The van der Waals surface area contributed by atoms with Gasteiger partial charge in [0.15, 0.2) is 10.3 Å². The first-order valence-electron chi connectivity index (χ1n) is 6.32. The zero-order chi connectivity index (χ0) is 14.5. The molecule has 0 aliphatic carbocycles. The summed E-state index contributed by atoms with van der Waals surface area (Å²) in [5, 5.41) is 9.96. The Morgan fingerprint density at radius 1 is 1.40 bits per heavy atom. The molecule has 0 aromatic carbocycles. The van der Waals surface area contributed by atoms with Crippen LogP contribution in [0.2, 0.25) is 10.3 Å². The van der Waals surface area contributed by atoms with Gasteiger partial charge in [-0.15, -0.1) is 10.2 Å². The van der Waals surface area contributed by atoms with Crippen LogP contribution >= 0.6 is 23.2 Å². The molecular weight excluding hydrogens is 303 g/mol. The summed E-state index contributed by atoms with van der Waals surface area (Å²) in [6.45, 7) is 1.92. The molecule has 1 aliphatic rings. The number of likely N-dealkylation sites (tertiary alicyclic amines) is 1. The van der Waals surface area contributed by atoms with Gasteiger partial charge in [0.2, 0.25) is 5.91 Å².